The lowest BCUT2D eigenvalue weighted by Crippen LogP contribution is -2.00. The highest BCUT2D eigenvalue weighted by atomic mass is 16.5. The van der Waals surface area contributed by atoms with Gasteiger partial charge in [0.25, 0.3) is 0 Å². The van der Waals surface area contributed by atoms with E-state index in [2.05, 4.69) is 0 Å². The second-order valence-corrected chi connectivity index (χ2v) is 4.31. The van der Waals surface area contributed by atoms with Crippen molar-refractivity contribution in [2.24, 2.45) is 0 Å². The van der Waals surface area contributed by atoms with Gasteiger partial charge in [-0.25, -0.2) is 4.79 Å². The Morgan fingerprint density at radius 1 is 1.10 bits per heavy atom. The first kappa shape index (κ1) is 13.9. The largest absolute Gasteiger partial charge is 0.494 e. The first-order valence-corrected chi connectivity index (χ1v) is 6.35. The standard InChI is InChI=1S/C16H16O4/c1-3-19-12-5-7-13(8-6-12)20-15-9-4-11(2)10-14(15)16(17)18/h4-10H,3H2,1-2H3,(H,17,18). The van der Waals surface area contributed by atoms with Gasteiger partial charge in [0.15, 0.2) is 0 Å². The molecule has 4 nitrogen and oxygen atoms in total. The summed E-state index contributed by atoms with van der Waals surface area (Å²) in [4.78, 5) is 11.2. The molecular formula is C16H16O4. The van der Waals surface area contributed by atoms with Gasteiger partial charge in [0.2, 0.25) is 0 Å². The van der Waals surface area contributed by atoms with Gasteiger partial charge in [-0.1, -0.05) is 11.6 Å². The summed E-state index contributed by atoms with van der Waals surface area (Å²) < 4.78 is 11.0. The fraction of sp³-hybridized carbons (Fsp3) is 0.188. The second-order valence-electron chi connectivity index (χ2n) is 4.31. The molecule has 0 unspecified atom stereocenters. The van der Waals surface area contributed by atoms with Crippen LogP contribution in [0, 0.1) is 6.92 Å². The van der Waals surface area contributed by atoms with Crippen LogP contribution in [-0.4, -0.2) is 17.7 Å². The zero-order valence-electron chi connectivity index (χ0n) is 11.4. The maximum atomic E-state index is 11.2. The molecular weight excluding hydrogens is 256 g/mol. The fourth-order valence-corrected chi connectivity index (χ4v) is 1.80. The smallest absolute Gasteiger partial charge is 0.339 e. The van der Waals surface area contributed by atoms with Crippen molar-refractivity contribution >= 4 is 5.97 Å². The number of rotatable bonds is 5. The second kappa shape index (κ2) is 6.10. The molecule has 0 aromatic heterocycles. The zero-order valence-corrected chi connectivity index (χ0v) is 11.4. The Hall–Kier alpha value is -2.49. The molecule has 0 aliphatic heterocycles. The summed E-state index contributed by atoms with van der Waals surface area (Å²) in [6.07, 6.45) is 0. The van der Waals surface area contributed by atoms with Crippen LogP contribution in [-0.2, 0) is 0 Å². The Morgan fingerprint density at radius 2 is 1.75 bits per heavy atom. The topological polar surface area (TPSA) is 55.8 Å². The fourth-order valence-electron chi connectivity index (χ4n) is 1.80. The Morgan fingerprint density at radius 3 is 2.35 bits per heavy atom. The van der Waals surface area contributed by atoms with Crippen LogP contribution in [0.3, 0.4) is 0 Å². The number of carboxylic acids is 1. The van der Waals surface area contributed by atoms with Gasteiger partial charge in [-0.2, -0.15) is 0 Å². The van der Waals surface area contributed by atoms with Crippen LogP contribution < -0.4 is 9.47 Å². The molecule has 0 aliphatic carbocycles. The lowest BCUT2D eigenvalue weighted by Gasteiger charge is -2.10. The zero-order chi connectivity index (χ0) is 14.5. The van der Waals surface area contributed by atoms with E-state index in [1.807, 2.05) is 19.9 Å². The number of hydrogen-bond acceptors (Lipinski definition) is 3. The molecule has 2 aromatic rings. The van der Waals surface area contributed by atoms with E-state index in [0.29, 0.717) is 18.1 Å². The van der Waals surface area contributed by atoms with Crippen LogP contribution in [0.5, 0.6) is 17.2 Å². The van der Waals surface area contributed by atoms with Crippen LogP contribution in [0.2, 0.25) is 0 Å². The maximum absolute atomic E-state index is 11.2. The van der Waals surface area contributed by atoms with E-state index in [9.17, 15) is 9.90 Å². The third-order valence-electron chi connectivity index (χ3n) is 2.73. The van der Waals surface area contributed by atoms with Gasteiger partial charge in [0, 0.05) is 0 Å². The van der Waals surface area contributed by atoms with Crippen molar-refractivity contribution < 1.29 is 19.4 Å². The van der Waals surface area contributed by atoms with Crippen molar-refractivity contribution in [2.45, 2.75) is 13.8 Å². The molecule has 0 aliphatic rings. The molecule has 20 heavy (non-hydrogen) atoms. The van der Waals surface area contributed by atoms with Crippen molar-refractivity contribution in [1.82, 2.24) is 0 Å². The van der Waals surface area contributed by atoms with Crippen molar-refractivity contribution in [3.05, 3.63) is 53.6 Å². The molecule has 0 spiro atoms. The molecule has 0 bridgehead atoms. The number of aryl methyl sites for hydroxylation is 1. The lowest BCUT2D eigenvalue weighted by atomic mass is 10.1. The van der Waals surface area contributed by atoms with Gasteiger partial charge < -0.3 is 14.6 Å². The van der Waals surface area contributed by atoms with E-state index >= 15 is 0 Å². The number of hydrogen-bond donors (Lipinski definition) is 1. The average Bonchev–Trinajstić information content (AvgIpc) is 2.43. The van der Waals surface area contributed by atoms with Crippen LogP contribution in [0.25, 0.3) is 0 Å². The molecule has 0 saturated carbocycles. The van der Waals surface area contributed by atoms with Crippen LogP contribution in [0.1, 0.15) is 22.8 Å². The Balaban J connectivity index is 2.23. The molecule has 2 rings (SSSR count). The number of ether oxygens (including phenoxy) is 2. The van der Waals surface area contributed by atoms with Gasteiger partial charge in [0.05, 0.1) is 6.61 Å². The van der Waals surface area contributed by atoms with Crippen molar-refractivity contribution in [3.63, 3.8) is 0 Å². The van der Waals surface area contributed by atoms with Crippen molar-refractivity contribution in [1.29, 1.82) is 0 Å². The molecule has 4 heteroatoms. The minimum absolute atomic E-state index is 0.152. The Labute approximate surface area is 117 Å². The first-order chi connectivity index (χ1) is 9.60. The molecule has 0 fully saturated rings. The first-order valence-electron chi connectivity index (χ1n) is 6.35. The van der Waals surface area contributed by atoms with Gasteiger partial charge in [-0.15, -0.1) is 0 Å². The minimum atomic E-state index is -1.00. The molecule has 0 amide bonds. The quantitative estimate of drug-likeness (QED) is 0.897. The van der Waals surface area contributed by atoms with E-state index < -0.39 is 5.97 Å². The Bertz CT molecular complexity index is 602. The van der Waals surface area contributed by atoms with Crippen LogP contribution in [0.4, 0.5) is 0 Å². The summed E-state index contributed by atoms with van der Waals surface area (Å²) in [6.45, 7) is 4.35. The van der Waals surface area contributed by atoms with E-state index in [0.717, 1.165) is 11.3 Å². The van der Waals surface area contributed by atoms with Gasteiger partial charge >= 0.3 is 5.97 Å². The van der Waals surface area contributed by atoms with Crippen LogP contribution >= 0.6 is 0 Å². The number of aromatic carboxylic acids is 1. The molecule has 1 N–H and O–H groups in total. The monoisotopic (exact) mass is 272 g/mol. The minimum Gasteiger partial charge on any atom is -0.494 e. The lowest BCUT2D eigenvalue weighted by molar-refractivity contribution is 0.0694. The molecule has 0 radical (unpaired) electrons. The highest BCUT2D eigenvalue weighted by molar-refractivity contribution is 5.91. The highest BCUT2D eigenvalue weighted by Gasteiger charge is 2.12. The number of benzene rings is 2. The van der Waals surface area contributed by atoms with E-state index in [4.69, 9.17) is 9.47 Å². The predicted octanol–water partition coefficient (Wildman–Crippen LogP) is 3.88. The third-order valence-corrected chi connectivity index (χ3v) is 2.73. The summed E-state index contributed by atoms with van der Waals surface area (Å²) in [5, 5.41) is 9.18. The summed E-state index contributed by atoms with van der Waals surface area (Å²) in [5.41, 5.74) is 1.03. The van der Waals surface area contributed by atoms with Crippen molar-refractivity contribution in [2.75, 3.05) is 6.61 Å². The molecule has 104 valence electrons. The number of carbonyl (C=O) groups is 1. The van der Waals surface area contributed by atoms with E-state index in [1.165, 1.54) is 0 Å². The van der Waals surface area contributed by atoms with E-state index in [-0.39, 0.29) is 5.56 Å². The summed E-state index contributed by atoms with van der Waals surface area (Å²) in [5.74, 6) is 0.643. The summed E-state index contributed by atoms with van der Waals surface area (Å²) in [6, 6.07) is 12.1. The van der Waals surface area contributed by atoms with Crippen LogP contribution in [0.15, 0.2) is 42.5 Å². The van der Waals surface area contributed by atoms with Gasteiger partial charge in [-0.05, 0) is 50.2 Å². The highest BCUT2D eigenvalue weighted by Crippen LogP contribution is 2.27. The van der Waals surface area contributed by atoms with Gasteiger partial charge in [-0.3, -0.25) is 0 Å². The molecule has 0 atom stereocenters. The predicted molar refractivity (Wildman–Crippen MR) is 75.8 cm³/mol. The maximum Gasteiger partial charge on any atom is 0.339 e. The normalized spacial score (nSPS) is 10.1. The Kier molecular flexibility index (Phi) is 4.25. The number of carboxylic acid groups (broad SMARTS) is 1. The third kappa shape index (κ3) is 3.29. The summed E-state index contributed by atoms with van der Waals surface area (Å²) in [7, 11) is 0. The van der Waals surface area contributed by atoms with E-state index in [1.54, 1.807) is 36.4 Å². The molecule has 0 heterocycles. The SMILES string of the molecule is CCOc1ccc(Oc2ccc(C)cc2C(=O)O)cc1. The summed E-state index contributed by atoms with van der Waals surface area (Å²) >= 11 is 0. The molecule has 2 aromatic carbocycles. The van der Waals surface area contributed by atoms with Gasteiger partial charge in [0.1, 0.15) is 22.8 Å². The van der Waals surface area contributed by atoms with Crippen molar-refractivity contribution in [3.8, 4) is 17.2 Å². The average molecular weight is 272 g/mol. The molecule has 0 saturated heterocycles.